The van der Waals surface area contributed by atoms with Crippen molar-refractivity contribution in [2.45, 2.75) is 85.5 Å². The zero-order valence-electron chi connectivity index (χ0n) is 22.6. The van der Waals surface area contributed by atoms with E-state index in [-0.39, 0.29) is 23.8 Å². The molecule has 3 rings (SSSR count). The monoisotopic (exact) mass is 493 g/mol. The molecule has 0 saturated heterocycles. The lowest BCUT2D eigenvalue weighted by Crippen LogP contribution is -2.52. The van der Waals surface area contributed by atoms with Gasteiger partial charge in [-0.05, 0) is 77.5 Å². The van der Waals surface area contributed by atoms with E-state index in [1.165, 1.54) is 0 Å². The van der Waals surface area contributed by atoms with Gasteiger partial charge in [0.1, 0.15) is 17.7 Å². The minimum atomic E-state index is -0.868. The first-order valence-corrected chi connectivity index (χ1v) is 12.5. The van der Waals surface area contributed by atoms with Crippen molar-refractivity contribution in [3.8, 4) is 0 Å². The van der Waals surface area contributed by atoms with E-state index >= 15 is 0 Å². The summed E-state index contributed by atoms with van der Waals surface area (Å²) >= 11 is 0. The zero-order valence-corrected chi connectivity index (χ0v) is 22.6. The molecule has 0 aliphatic heterocycles. The summed E-state index contributed by atoms with van der Waals surface area (Å²) in [5.74, 6) is -0.351. The van der Waals surface area contributed by atoms with E-state index in [4.69, 9.17) is 4.74 Å². The maximum Gasteiger partial charge on any atom is 0.408 e. The van der Waals surface area contributed by atoms with Gasteiger partial charge in [-0.2, -0.15) is 0 Å². The highest BCUT2D eigenvalue weighted by molar-refractivity contribution is 6.00. The van der Waals surface area contributed by atoms with Crippen LogP contribution < -0.4 is 10.6 Å². The van der Waals surface area contributed by atoms with E-state index in [0.717, 1.165) is 34.4 Å². The van der Waals surface area contributed by atoms with Gasteiger partial charge in [-0.25, -0.2) is 4.79 Å². The van der Waals surface area contributed by atoms with Gasteiger partial charge < -0.3 is 20.3 Å². The Morgan fingerprint density at radius 3 is 2.14 bits per heavy atom. The van der Waals surface area contributed by atoms with Crippen LogP contribution in [0.4, 0.5) is 10.5 Å². The Morgan fingerprint density at radius 2 is 1.61 bits per heavy atom. The van der Waals surface area contributed by atoms with Crippen LogP contribution in [0.3, 0.4) is 0 Å². The van der Waals surface area contributed by atoms with Crippen LogP contribution in [-0.2, 0) is 14.3 Å². The molecule has 0 aromatic heterocycles. The maximum absolute atomic E-state index is 13.9. The number of benzene rings is 2. The van der Waals surface area contributed by atoms with Crippen LogP contribution >= 0.6 is 0 Å². The molecular formula is C29H39N3O4. The van der Waals surface area contributed by atoms with Crippen LogP contribution in [-0.4, -0.2) is 40.5 Å². The van der Waals surface area contributed by atoms with E-state index in [1.807, 2.05) is 63.2 Å². The molecule has 0 bridgehead atoms. The quantitative estimate of drug-likeness (QED) is 0.537. The summed E-state index contributed by atoms with van der Waals surface area (Å²) in [6.07, 6.45) is 0.128. The van der Waals surface area contributed by atoms with Crippen molar-refractivity contribution in [3.05, 3.63) is 64.7 Å². The van der Waals surface area contributed by atoms with E-state index < -0.39 is 23.8 Å². The van der Waals surface area contributed by atoms with Crippen LogP contribution in [0, 0.1) is 26.7 Å². The molecule has 194 valence electrons. The highest BCUT2D eigenvalue weighted by Gasteiger charge is 2.47. The molecule has 0 radical (unpaired) electrons. The lowest BCUT2D eigenvalue weighted by molar-refractivity contribution is -0.141. The summed E-state index contributed by atoms with van der Waals surface area (Å²) in [4.78, 5) is 41.8. The predicted octanol–water partition coefficient (Wildman–Crippen LogP) is 5.44. The molecule has 0 heterocycles. The smallest absolute Gasteiger partial charge is 0.408 e. The lowest BCUT2D eigenvalue weighted by atomic mass is 10.00. The number of hydrogen-bond acceptors (Lipinski definition) is 4. The maximum atomic E-state index is 13.9. The van der Waals surface area contributed by atoms with Crippen LogP contribution in [0.1, 0.15) is 69.3 Å². The van der Waals surface area contributed by atoms with Crippen molar-refractivity contribution in [2.75, 3.05) is 5.32 Å². The molecule has 7 nitrogen and oxygen atoms in total. The van der Waals surface area contributed by atoms with Crippen molar-refractivity contribution < 1.29 is 19.1 Å². The van der Waals surface area contributed by atoms with Gasteiger partial charge in [0, 0.05) is 11.7 Å². The second-order valence-electron chi connectivity index (χ2n) is 11.0. The molecule has 4 atom stereocenters. The normalized spacial score (nSPS) is 18.6. The number of para-hydroxylation sites is 1. The van der Waals surface area contributed by atoms with Crippen LogP contribution in [0.25, 0.3) is 0 Å². The number of nitrogens with zero attached hydrogens (tertiary/aromatic N) is 1. The number of carbonyl (C=O) groups is 3. The molecule has 1 saturated carbocycles. The van der Waals surface area contributed by atoms with E-state index in [9.17, 15) is 14.4 Å². The number of nitrogens with one attached hydrogen (secondary N) is 2. The van der Waals surface area contributed by atoms with Crippen LogP contribution in [0.2, 0.25) is 0 Å². The SMILES string of the molecule is Cc1cccc(C(C(=O)Nc2c(C)cccc2C)N(C(=O)C(C)NC(=O)OC(C)(C)C)C2CC2C)c1. The highest BCUT2D eigenvalue weighted by Crippen LogP contribution is 2.41. The molecule has 3 amide bonds. The Kier molecular flexibility index (Phi) is 8.12. The van der Waals surface area contributed by atoms with Crippen molar-refractivity contribution >= 4 is 23.6 Å². The molecule has 1 aliphatic carbocycles. The first-order chi connectivity index (χ1) is 16.8. The average molecular weight is 494 g/mol. The third-order valence-electron chi connectivity index (χ3n) is 6.40. The largest absolute Gasteiger partial charge is 0.444 e. The number of rotatable bonds is 7. The number of aryl methyl sites for hydroxylation is 3. The zero-order chi connectivity index (χ0) is 26.8. The van der Waals surface area contributed by atoms with Crippen LogP contribution in [0.5, 0.6) is 0 Å². The van der Waals surface area contributed by atoms with Crippen LogP contribution in [0.15, 0.2) is 42.5 Å². The second kappa shape index (κ2) is 10.7. The van der Waals surface area contributed by atoms with Crippen molar-refractivity contribution in [1.82, 2.24) is 10.2 Å². The molecule has 2 aromatic rings. The summed E-state index contributed by atoms with van der Waals surface area (Å²) in [6.45, 7) is 14.8. The molecular weight excluding hydrogens is 454 g/mol. The van der Waals surface area contributed by atoms with E-state index in [1.54, 1.807) is 32.6 Å². The molecule has 0 spiro atoms. The minimum absolute atomic E-state index is 0.102. The predicted molar refractivity (Wildman–Crippen MR) is 142 cm³/mol. The number of amides is 3. The third kappa shape index (κ3) is 6.65. The first-order valence-electron chi connectivity index (χ1n) is 12.5. The van der Waals surface area contributed by atoms with Gasteiger partial charge in [0.25, 0.3) is 5.91 Å². The Bertz CT molecular complexity index is 1120. The van der Waals surface area contributed by atoms with Crippen molar-refractivity contribution in [1.29, 1.82) is 0 Å². The van der Waals surface area contributed by atoms with Gasteiger partial charge in [-0.1, -0.05) is 55.0 Å². The number of hydrogen-bond donors (Lipinski definition) is 2. The minimum Gasteiger partial charge on any atom is -0.444 e. The van der Waals surface area contributed by atoms with E-state index in [0.29, 0.717) is 0 Å². The Balaban J connectivity index is 1.98. The summed E-state index contributed by atoms with van der Waals surface area (Å²) in [7, 11) is 0. The summed E-state index contributed by atoms with van der Waals surface area (Å²) in [5.41, 5.74) is 3.68. The fraction of sp³-hybridized carbons (Fsp3) is 0.483. The molecule has 1 fully saturated rings. The third-order valence-corrected chi connectivity index (χ3v) is 6.40. The number of anilines is 1. The number of alkyl carbamates (subject to hydrolysis) is 1. The Labute approximate surface area is 214 Å². The molecule has 2 aromatic carbocycles. The summed E-state index contributed by atoms with van der Waals surface area (Å²) < 4.78 is 5.35. The Hall–Kier alpha value is -3.35. The van der Waals surface area contributed by atoms with Gasteiger partial charge in [0.2, 0.25) is 5.91 Å². The van der Waals surface area contributed by atoms with Gasteiger partial charge in [-0.15, -0.1) is 0 Å². The number of carbonyl (C=O) groups excluding carboxylic acids is 3. The molecule has 2 N–H and O–H groups in total. The highest BCUT2D eigenvalue weighted by atomic mass is 16.6. The fourth-order valence-corrected chi connectivity index (χ4v) is 4.42. The molecule has 1 aliphatic rings. The van der Waals surface area contributed by atoms with Gasteiger partial charge in [0.15, 0.2) is 0 Å². The standard InChI is InChI=1S/C29H39N3O4/c1-17-11-9-14-22(15-17)25(26(33)31-24-18(2)12-10-13-19(24)3)32(23-16-20(23)4)27(34)21(5)30-28(35)36-29(6,7)8/h9-15,20-21,23,25H,16H2,1-8H3,(H,30,35)(H,31,33). The van der Waals surface area contributed by atoms with Gasteiger partial charge in [0.05, 0.1) is 0 Å². The van der Waals surface area contributed by atoms with Crippen molar-refractivity contribution in [3.63, 3.8) is 0 Å². The van der Waals surface area contributed by atoms with Crippen molar-refractivity contribution in [2.24, 2.45) is 5.92 Å². The van der Waals surface area contributed by atoms with Gasteiger partial charge >= 0.3 is 6.09 Å². The average Bonchev–Trinajstić information content (AvgIpc) is 3.48. The van der Waals surface area contributed by atoms with E-state index in [2.05, 4.69) is 17.6 Å². The second-order valence-corrected chi connectivity index (χ2v) is 11.0. The Morgan fingerprint density at radius 1 is 1.03 bits per heavy atom. The summed E-state index contributed by atoms with van der Waals surface area (Å²) in [5, 5.41) is 5.75. The fourth-order valence-electron chi connectivity index (χ4n) is 4.42. The first kappa shape index (κ1) is 27.2. The lowest BCUT2D eigenvalue weighted by Gasteiger charge is -2.34. The molecule has 36 heavy (non-hydrogen) atoms. The number of ether oxygens (including phenoxy) is 1. The topological polar surface area (TPSA) is 87.7 Å². The molecule has 7 heteroatoms. The molecule has 4 unspecified atom stereocenters. The summed E-state index contributed by atoms with van der Waals surface area (Å²) in [6, 6.07) is 11.7. The van der Waals surface area contributed by atoms with Gasteiger partial charge in [-0.3, -0.25) is 9.59 Å².